The SMILES string of the molecule is Cc1ccc(-c2csc(C(C#N)=NNc3ccc(Cl)cc3)n2)c(C)c1. The molecule has 124 valence electrons. The van der Waals surface area contributed by atoms with Crippen LogP contribution >= 0.6 is 22.9 Å². The average molecular weight is 367 g/mol. The Morgan fingerprint density at radius 3 is 2.64 bits per heavy atom. The highest BCUT2D eigenvalue weighted by Gasteiger charge is 2.12. The van der Waals surface area contributed by atoms with Crippen LogP contribution in [0.1, 0.15) is 16.1 Å². The number of nitrogens with zero attached hydrogens (tertiary/aromatic N) is 3. The van der Waals surface area contributed by atoms with E-state index in [-0.39, 0.29) is 5.71 Å². The molecule has 0 aliphatic heterocycles. The summed E-state index contributed by atoms with van der Waals surface area (Å²) in [7, 11) is 0. The van der Waals surface area contributed by atoms with Crippen molar-refractivity contribution in [2.45, 2.75) is 13.8 Å². The second-order valence-electron chi connectivity index (χ2n) is 5.55. The maximum absolute atomic E-state index is 9.40. The molecular weight excluding hydrogens is 352 g/mol. The van der Waals surface area contributed by atoms with E-state index in [0.29, 0.717) is 10.0 Å². The van der Waals surface area contributed by atoms with Gasteiger partial charge in [-0.1, -0.05) is 35.4 Å². The highest BCUT2D eigenvalue weighted by molar-refractivity contribution is 7.12. The molecular formula is C19H15ClN4S. The van der Waals surface area contributed by atoms with Gasteiger partial charge in [-0.05, 0) is 43.7 Å². The van der Waals surface area contributed by atoms with Gasteiger partial charge in [0.05, 0.1) is 11.4 Å². The molecule has 0 fully saturated rings. The number of nitriles is 1. The highest BCUT2D eigenvalue weighted by Crippen LogP contribution is 2.26. The van der Waals surface area contributed by atoms with Crippen molar-refractivity contribution in [3.8, 4) is 17.3 Å². The van der Waals surface area contributed by atoms with Crippen molar-refractivity contribution in [2.24, 2.45) is 5.10 Å². The van der Waals surface area contributed by atoms with E-state index in [1.54, 1.807) is 24.3 Å². The normalized spacial score (nSPS) is 11.2. The van der Waals surface area contributed by atoms with Crippen molar-refractivity contribution in [3.63, 3.8) is 0 Å². The standard InChI is InChI=1S/C19H15ClN4S/c1-12-3-8-16(13(2)9-12)18-11-25-19(22-18)17(10-21)24-23-15-6-4-14(20)5-7-15/h3-9,11,23H,1-2H3. The summed E-state index contributed by atoms with van der Waals surface area (Å²) in [5, 5.41) is 16.7. The molecule has 0 unspecified atom stereocenters. The Labute approximate surface area is 155 Å². The Morgan fingerprint density at radius 1 is 1.20 bits per heavy atom. The number of hydrogen-bond donors (Lipinski definition) is 1. The first-order valence-corrected chi connectivity index (χ1v) is 8.85. The second-order valence-corrected chi connectivity index (χ2v) is 6.84. The van der Waals surface area contributed by atoms with Crippen LogP contribution in [0.5, 0.6) is 0 Å². The molecule has 0 spiro atoms. The number of hydrogen-bond acceptors (Lipinski definition) is 5. The lowest BCUT2D eigenvalue weighted by atomic mass is 10.0. The van der Waals surface area contributed by atoms with Gasteiger partial charge in [0.1, 0.15) is 6.07 Å². The number of thiazole rings is 1. The molecule has 1 aromatic heterocycles. The lowest BCUT2D eigenvalue weighted by Crippen LogP contribution is -2.01. The van der Waals surface area contributed by atoms with E-state index in [1.165, 1.54) is 16.9 Å². The maximum Gasteiger partial charge on any atom is 0.196 e. The largest absolute Gasteiger partial charge is 0.277 e. The summed E-state index contributed by atoms with van der Waals surface area (Å²) in [5.74, 6) is 0. The van der Waals surface area contributed by atoms with Gasteiger partial charge in [0.15, 0.2) is 10.7 Å². The van der Waals surface area contributed by atoms with Crippen LogP contribution in [-0.4, -0.2) is 10.7 Å². The van der Waals surface area contributed by atoms with E-state index >= 15 is 0 Å². The average Bonchev–Trinajstić information content (AvgIpc) is 3.06. The molecule has 1 N–H and O–H groups in total. The van der Waals surface area contributed by atoms with E-state index in [4.69, 9.17) is 11.6 Å². The molecule has 3 aromatic rings. The van der Waals surface area contributed by atoms with E-state index in [1.807, 2.05) is 5.38 Å². The van der Waals surface area contributed by atoms with Crippen LogP contribution in [0.3, 0.4) is 0 Å². The fraction of sp³-hybridized carbons (Fsp3) is 0.105. The summed E-state index contributed by atoms with van der Waals surface area (Å²) < 4.78 is 0. The fourth-order valence-corrected chi connectivity index (χ4v) is 3.26. The number of aromatic nitrogens is 1. The van der Waals surface area contributed by atoms with Gasteiger partial charge in [-0.2, -0.15) is 10.4 Å². The van der Waals surface area contributed by atoms with Crippen molar-refractivity contribution in [1.29, 1.82) is 5.26 Å². The van der Waals surface area contributed by atoms with Crippen molar-refractivity contribution in [2.75, 3.05) is 5.43 Å². The number of nitrogens with one attached hydrogen (secondary N) is 1. The topological polar surface area (TPSA) is 61.1 Å². The van der Waals surface area contributed by atoms with Crippen LogP contribution < -0.4 is 5.43 Å². The Kier molecular flexibility index (Phi) is 5.13. The molecule has 0 saturated carbocycles. The third-order valence-corrected chi connectivity index (χ3v) is 4.71. The molecule has 0 radical (unpaired) electrons. The molecule has 2 aromatic carbocycles. The van der Waals surface area contributed by atoms with Gasteiger partial charge in [-0.15, -0.1) is 11.3 Å². The van der Waals surface area contributed by atoms with Crippen LogP contribution in [0, 0.1) is 25.2 Å². The Morgan fingerprint density at radius 2 is 1.96 bits per heavy atom. The molecule has 25 heavy (non-hydrogen) atoms. The summed E-state index contributed by atoms with van der Waals surface area (Å²) >= 11 is 7.26. The predicted molar refractivity (Wildman–Crippen MR) is 104 cm³/mol. The van der Waals surface area contributed by atoms with Gasteiger partial charge < -0.3 is 0 Å². The summed E-state index contributed by atoms with van der Waals surface area (Å²) in [6.07, 6.45) is 0. The first-order chi connectivity index (χ1) is 12.1. The van der Waals surface area contributed by atoms with Crippen LogP contribution in [0.25, 0.3) is 11.3 Å². The Bertz CT molecular complexity index is 968. The summed E-state index contributed by atoms with van der Waals surface area (Å²) in [6.45, 7) is 4.12. The first kappa shape index (κ1) is 17.2. The summed E-state index contributed by atoms with van der Waals surface area (Å²) in [6, 6.07) is 15.4. The molecule has 0 amide bonds. The van der Waals surface area contributed by atoms with Crippen LogP contribution in [0.4, 0.5) is 5.69 Å². The van der Waals surface area contributed by atoms with Gasteiger partial charge in [-0.3, -0.25) is 5.43 Å². The molecule has 3 rings (SSSR count). The molecule has 0 aliphatic rings. The molecule has 4 nitrogen and oxygen atoms in total. The van der Waals surface area contributed by atoms with E-state index in [0.717, 1.165) is 22.5 Å². The summed E-state index contributed by atoms with van der Waals surface area (Å²) in [4.78, 5) is 4.57. The van der Waals surface area contributed by atoms with Gasteiger partial charge in [0.2, 0.25) is 0 Å². The van der Waals surface area contributed by atoms with Crippen LogP contribution in [0.15, 0.2) is 52.9 Å². The van der Waals surface area contributed by atoms with Crippen molar-refractivity contribution < 1.29 is 0 Å². The first-order valence-electron chi connectivity index (χ1n) is 7.59. The van der Waals surface area contributed by atoms with Crippen molar-refractivity contribution in [1.82, 2.24) is 4.98 Å². The molecule has 6 heteroatoms. The molecule has 0 saturated heterocycles. The number of aryl methyl sites for hydroxylation is 2. The smallest absolute Gasteiger partial charge is 0.196 e. The molecule has 0 aliphatic carbocycles. The quantitative estimate of drug-likeness (QED) is 0.495. The molecule has 0 atom stereocenters. The lowest BCUT2D eigenvalue weighted by Gasteiger charge is -2.03. The fourth-order valence-electron chi connectivity index (χ4n) is 2.37. The van der Waals surface area contributed by atoms with Gasteiger partial charge in [-0.25, -0.2) is 4.98 Å². The Balaban J connectivity index is 1.85. The molecule has 1 heterocycles. The van der Waals surface area contributed by atoms with Crippen LogP contribution in [0.2, 0.25) is 5.02 Å². The Hall–Kier alpha value is -2.68. The van der Waals surface area contributed by atoms with Gasteiger partial charge in [0, 0.05) is 16.0 Å². The number of halogens is 1. The second kappa shape index (κ2) is 7.47. The van der Waals surface area contributed by atoms with E-state index in [9.17, 15) is 5.26 Å². The maximum atomic E-state index is 9.40. The minimum atomic E-state index is 0.246. The third-order valence-electron chi connectivity index (χ3n) is 3.61. The van der Waals surface area contributed by atoms with Gasteiger partial charge in [0.25, 0.3) is 0 Å². The van der Waals surface area contributed by atoms with Crippen LogP contribution in [-0.2, 0) is 0 Å². The lowest BCUT2D eigenvalue weighted by molar-refractivity contribution is 1.30. The zero-order valence-corrected chi connectivity index (χ0v) is 15.3. The van der Waals surface area contributed by atoms with Crippen molar-refractivity contribution in [3.05, 3.63) is 69.0 Å². The molecule has 0 bridgehead atoms. The number of rotatable bonds is 4. The zero-order chi connectivity index (χ0) is 17.8. The highest BCUT2D eigenvalue weighted by atomic mass is 35.5. The zero-order valence-electron chi connectivity index (χ0n) is 13.7. The van der Waals surface area contributed by atoms with E-state index in [2.05, 4.69) is 53.6 Å². The van der Waals surface area contributed by atoms with Gasteiger partial charge >= 0.3 is 0 Å². The van der Waals surface area contributed by atoms with Crippen molar-refractivity contribution >= 4 is 34.3 Å². The number of anilines is 1. The predicted octanol–water partition coefficient (Wildman–Crippen LogP) is 5.42. The third kappa shape index (κ3) is 4.05. The monoisotopic (exact) mass is 366 g/mol. The number of hydrazone groups is 1. The minimum absolute atomic E-state index is 0.246. The minimum Gasteiger partial charge on any atom is -0.277 e. The summed E-state index contributed by atoms with van der Waals surface area (Å²) in [5.41, 5.74) is 8.15. The van der Waals surface area contributed by atoms with E-state index < -0.39 is 0 Å². The number of benzene rings is 2.